The van der Waals surface area contributed by atoms with Gasteiger partial charge in [-0.15, -0.1) is 0 Å². The summed E-state index contributed by atoms with van der Waals surface area (Å²) in [4.78, 5) is 0. The van der Waals surface area contributed by atoms with E-state index in [0.717, 1.165) is 45.4 Å². The van der Waals surface area contributed by atoms with Crippen LogP contribution in [0.4, 0.5) is 13.2 Å². The first-order chi connectivity index (χ1) is 9.04. The van der Waals surface area contributed by atoms with Crippen molar-refractivity contribution in [3.8, 4) is 0 Å². The molecule has 2 unspecified atom stereocenters. The molecular weight excluding hydrogens is 253 g/mol. The van der Waals surface area contributed by atoms with Gasteiger partial charge in [0.2, 0.25) is 0 Å². The fourth-order valence-electron chi connectivity index (χ4n) is 2.72. The first-order valence-electron chi connectivity index (χ1n) is 7.52. The number of nitrogens with one attached hydrogen (secondary N) is 2. The molecule has 0 spiro atoms. The van der Waals surface area contributed by atoms with Crippen molar-refractivity contribution in [1.29, 1.82) is 0 Å². The lowest BCUT2D eigenvalue weighted by molar-refractivity contribution is -0.185. The third kappa shape index (κ3) is 7.16. The van der Waals surface area contributed by atoms with E-state index in [2.05, 4.69) is 17.6 Å². The third-order valence-corrected chi connectivity index (χ3v) is 3.81. The minimum Gasteiger partial charge on any atom is -0.317 e. The molecule has 114 valence electrons. The van der Waals surface area contributed by atoms with Gasteiger partial charge in [-0.3, -0.25) is 0 Å². The van der Waals surface area contributed by atoms with E-state index in [9.17, 15) is 13.2 Å². The van der Waals surface area contributed by atoms with Crippen LogP contribution in [0.15, 0.2) is 0 Å². The third-order valence-electron chi connectivity index (χ3n) is 3.81. The second-order valence-electron chi connectivity index (χ2n) is 5.58. The first kappa shape index (κ1) is 16.8. The second kappa shape index (κ2) is 8.80. The maximum atomic E-state index is 12.6. The zero-order valence-electron chi connectivity index (χ0n) is 11.9. The molecule has 0 aromatic heterocycles. The Bertz CT molecular complexity index is 231. The van der Waals surface area contributed by atoms with Crippen molar-refractivity contribution in [2.24, 2.45) is 11.8 Å². The van der Waals surface area contributed by atoms with Crippen LogP contribution in [0.5, 0.6) is 0 Å². The Labute approximate surface area is 114 Å². The molecule has 5 heteroatoms. The van der Waals surface area contributed by atoms with Crippen LogP contribution >= 0.6 is 0 Å². The van der Waals surface area contributed by atoms with Gasteiger partial charge in [0.15, 0.2) is 0 Å². The monoisotopic (exact) mass is 280 g/mol. The summed E-state index contributed by atoms with van der Waals surface area (Å²) in [5.74, 6) is -0.872. The molecule has 0 saturated heterocycles. The summed E-state index contributed by atoms with van der Waals surface area (Å²) in [5.41, 5.74) is 0. The van der Waals surface area contributed by atoms with E-state index in [1.165, 1.54) is 0 Å². The molecule has 0 radical (unpaired) electrons. The van der Waals surface area contributed by atoms with E-state index in [-0.39, 0.29) is 5.92 Å². The van der Waals surface area contributed by atoms with Crippen molar-refractivity contribution in [3.05, 3.63) is 0 Å². The molecule has 1 aliphatic carbocycles. The number of rotatable bonds is 8. The van der Waals surface area contributed by atoms with Crippen LogP contribution in [0, 0.1) is 11.8 Å². The Morgan fingerprint density at radius 3 is 2.47 bits per heavy atom. The topological polar surface area (TPSA) is 24.1 Å². The van der Waals surface area contributed by atoms with E-state index in [1.807, 2.05) is 0 Å². The number of hydrogen-bond acceptors (Lipinski definition) is 2. The largest absolute Gasteiger partial charge is 0.391 e. The number of hydrogen-bond donors (Lipinski definition) is 2. The van der Waals surface area contributed by atoms with Crippen molar-refractivity contribution < 1.29 is 13.2 Å². The van der Waals surface area contributed by atoms with Gasteiger partial charge in [0.1, 0.15) is 0 Å². The van der Waals surface area contributed by atoms with Crippen LogP contribution in [0.25, 0.3) is 0 Å². The van der Waals surface area contributed by atoms with Gasteiger partial charge >= 0.3 is 6.18 Å². The lowest BCUT2D eigenvalue weighted by Gasteiger charge is -2.30. The minimum atomic E-state index is -4.00. The summed E-state index contributed by atoms with van der Waals surface area (Å²) in [5, 5.41) is 6.61. The Morgan fingerprint density at radius 2 is 1.79 bits per heavy atom. The van der Waals surface area contributed by atoms with Crippen molar-refractivity contribution in [3.63, 3.8) is 0 Å². The molecule has 0 amide bonds. The molecule has 2 atom stereocenters. The highest BCUT2D eigenvalue weighted by molar-refractivity contribution is 4.78. The van der Waals surface area contributed by atoms with Crippen LogP contribution in [-0.2, 0) is 0 Å². The van der Waals surface area contributed by atoms with Gasteiger partial charge in [0.25, 0.3) is 0 Å². The fourth-order valence-corrected chi connectivity index (χ4v) is 2.72. The predicted molar refractivity (Wildman–Crippen MR) is 72.2 cm³/mol. The molecule has 1 fully saturated rings. The normalized spacial score (nSPS) is 24.6. The minimum absolute atomic E-state index is 0.198. The summed E-state index contributed by atoms with van der Waals surface area (Å²) in [6, 6.07) is 0. The standard InChI is InChI=1S/C14H27F3N2/c1-2-7-18-8-4-9-19-11-12-5-3-6-13(10-12)14(15,16)17/h12-13,18-19H,2-11H2,1H3. The van der Waals surface area contributed by atoms with Crippen molar-refractivity contribution in [2.45, 2.75) is 51.6 Å². The molecule has 0 heterocycles. The Balaban J connectivity index is 2.06. The molecule has 0 aromatic carbocycles. The lowest BCUT2D eigenvalue weighted by Crippen LogP contribution is -2.34. The van der Waals surface area contributed by atoms with Crippen LogP contribution < -0.4 is 10.6 Å². The molecular formula is C14H27F3N2. The molecule has 2 nitrogen and oxygen atoms in total. The zero-order chi connectivity index (χ0) is 14.1. The van der Waals surface area contributed by atoms with Gasteiger partial charge in [-0.2, -0.15) is 13.2 Å². The van der Waals surface area contributed by atoms with E-state index in [4.69, 9.17) is 0 Å². The van der Waals surface area contributed by atoms with E-state index >= 15 is 0 Å². The zero-order valence-corrected chi connectivity index (χ0v) is 11.9. The highest BCUT2D eigenvalue weighted by Gasteiger charge is 2.41. The molecule has 2 N–H and O–H groups in total. The van der Waals surface area contributed by atoms with E-state index < -0.39 is 12.1 Å². The molecule has 0 aliphatic heterocycles. The maximum Gasteiger partial charge on any atom is 0.391 e. The van der Waals surface area contributed by atoms with Gasteiger partial charge in [-0.05, 0) is 64.2 Å². The van der Waals surface area contributed by atoms with Crippen molar-refractivity contribution in [1.82, 2.24) is 10.6 Å². The van der Waals surface area contributed by atoms with Gasteiger partial charge < -0.3 is 10.6 Å². The molecule has 19 heavy (non-hydrogen) atoms. The Morgan fingerprint density at radius 1 is 1.05 bits per heavy atom. The van der Waals surface area contributed by atoms with Gasteiger partial charge in [0.05, 0.1) is 5.92 Å². The highest BCUT2D eigenvalue weighted by atomic mass is 19.4. The fraction of sp³-hybridized carbons (Fsp3) is 1.00. The molecule has 1 rings (SSSR count). The van der Waals surface area contributed by atoms with Crippen LogP contribution in [-0.4, -0.2) is 32.4 Å². The molecule has 0 bridgehead atoms. The molecule has 1 aliphatic rings. The highest BCUT2D eigenvalue weighted by Crippen LogP contribution is 2.39. The van der Waals surface area contributed by atoms with Crippen molar-refractivity contribution in [2.75, 3.05) is 26.2 Å². The second-order valence-corrected chi connectivity index (χ2v) is 5.58. The predicted octanol–water partition coefficient (Wildman–Crippen LogP) is 3.33. The average molecular weight is 280 g/mol. The molecule has 0 aromatic rings. The summed E-state index contributed by atoms with van der Waals surface area (Å²) in [7, 11) is 0. The maximum absolute atomic E-state index is 12.6. The van der Waals surface area contributed by atoms with Gasteiger partial charge in [-0.25, -0.2) is 0 Å². The number of alkyl halides is 3. The summed E-state index contributed by atoms with van der Waals surface area (Å²) < 4.78 is 37.9. The Hall–Kier alpha value is -0.290. The Kier molecular flexibility index (Phi) is 7.76. The van der Waals surface area contributed by atoms with Crippen molar-refractivity contribution >= 4 is 0 Å². The van der Waals surface area contributed by atoms with Crippen LogP contribution in [0.3, 0.4) is 0 Å². The molecule has 1 saturated carbocycles. The smallest absolute Gasteiger partial charge is 0.317 e. The summed E-state index contributed by atoms with van der Waals surface area (Å²) in [6.45, 7) is 5.78. The summed E-state index contributed by atoms with van der Waals surface area (Å²) in [6.07, 6.45) is 0.459. The quantitative estimate of drug-likeness (QED) is 0.666. The van der Waals surface area contributed by atoms with Gasteiger partial charge in [-0.1, -0.05) is 13.3 Å². The van der Waals surface area contributed by atoms with Gasteiger partial charge in [0, 0.05) is 0 Å². The van der Waals surface area contributed by atoms with Crippen LogP contribution in [0.1, 0.15) is 45.4 Å². The van der Waals surface area contributed by atoms with E-state index in [1.54, 1.807) is 0 Å². The average Bonchev–Trinajstić information content (AvgIpc) is 2.37. The first-order valence-corrected chi connectivity index (χ1v) is 7.52. The summed E-state index contributed by atoms with van der Waals surface area (Å²) >= 11 is 0. The van der Waals surface area contributed by atoms with Crippen LogP contribution in [0.2, 0.25) is 0 Å². The van der Waals surface area contributed by atoms with E-state index in [0.29, 0.717) is 19.3 Å². The lowest BCUT2D eigenvalue weighted by atomic mass is 9.81. The SMILES string of the molecule is CCCNCCCNCC1CCCC(C(F)(F)F)C1. The number of halogens is 3.